The number of rotatable bonds is 0. The number of aliphatic hydroxyl groups is 1. The van der Waals surface area contributed by atoms with E-state index in [2.05, 4.69) is 20.8 Å². The molecule has 0 aromatic heterocycles. The molecule has 0 amide bonds. The summed E-state index contributed by atoms with van der Waals surface area (Å²) in [5.74, 6) is 2.35. The van der Waals surface area contributed by atoms with E-state index in [0.717, 1.165) is 32.1 Å². The van der Waals surface area contributed by atoms with Crippen molar-refractivity contribution in [1.29, 1.82) is 0 Å². The quantitative estimate of drug-likeness (QED) is 0.717. The molecule has 3 aliphatic carbocycles. The molecule has 102 valence electrons. The average Bonchev–Trinajstić information content (AvgIpc) is 2.61. The molecule has 0 aromatic rings. The Morgan fingerprint density at radius 2 is 1.78 bits per heavy atom. The van der Waals surface area contributed by atoms with E-state index in [1.807, 2.05) is 0 Å². The van der Waals surface area contributed by atoms with Crippen LogP contribution in [0, 0.1) is 28.6 Å². The van der Waals surface area contributed by atoms with E-state index in [-0.39, 0.29) is 16.9 Å². The molecule has 0 aliphatic heterocycles. The summed E-state index contributed by atoms with van der Waals surface area (Å²) in [6.45, 7) is 6.59. The van der Waals surface area contributed by atoms with Gasteiger partial charge in [0.2, 0.25) is 0 Å². The number of aliphatic hydroxyl groups excluding tert-OH is 1. The molecule has 0 heterocycles. The van der Waals surface area contributed by atoms with Gasteiger partial charge in [0, 0.05) is 11.8 Å². The van der Waals surface area contributed by atoms with Gasteiger partial charge in [-0.25, -0.2) is 0 Å². The van der Waals surface area contributed by atoms with Gasteiger partial charge in [0.1, 0.15) is 5.78 Å². The highest BCUT2D eigenvalue weighted by Gasteiger charge is 2.58. The second kappa shape index (κ2) is 3.82. The zero-order valence-electron chi connectivity index (χ0n) is 11.9. The summed E-state index contributed by atoms with van der Waals surface area (Å²) in [5.41, 5.74) is 0.00935. The number of fused-ring (bicyclic) bond motifs is 3. The fourth-order valence-electron chi connectivity index (χ4n) is 5.39. The van der Waals surface area contributed by atoms with Crippen LogP contribution in [0.2, 0.25) is 0 Å². The minimum atomic E-state index is -0.127. The molecular weight excluding hydrogens is 224 g/mol. The van der Waals surface area contributed by atoms with Crippen LogP contribution in [-0.4, -0.2) is 17.0 Å². The molecule has 1 N–H and O–H groups in total. The third-order valence-electron chi connectivity index (χ3n) is 6.74. The highest BCUT2D eigenvalue weighted by atomic mass is 16.3. The maximum absolute atomic E-state index is 12.2. The number of carbonyl (C=O) groups excluding carboxylic acids is 1. The molecule has 3 fully saturated rings. The molecule has 0 bridgehead atoms. The van der Waals surface area contributed by atoms with Crippen molar-refractivity contribution in [3.63, 3.8) is 0 Å². The molecule has 0 radical (unpaired) electrons. The van der Waals surface area contributed by atoms with Crippen molar-refractivity contribution in [3.8, 4) is 0 Å². The summed E-state index contributed by atoms with van der Waals surface area (Å²) < 4.78 is 0. The highest BCUT2D eigenvalue weighted by Crippen LogP contribution is 2.61. The lowest BCUT2D eigenvalue weighted by atomic mass is 9.50. The number of Topliss-reactive ketones (excluding diaryl/α,β-unsaturated/α-hetero) is 1. The van der Waals surface area contributed by atoms with Gasteiger partial charge in [-0.1, -0.05) is 20.8 Å². The zero-order valence-corrected chi connectivity index (χ0v) is 11.9. The molecule has 3 aliphatic rings. The molecule has 0 spiro atoms. The SMILES string of the molecule is CC1(C)C(=O)CCC2C1CCC1(C)C(O)CCC21. The zero-order chi connectivity index (χ0) is 13.1. The van der Waals surface area contributed by atoms with Crippen molar-refractivity contribution in [2.45, 2.75) is 65.4 Å². The van der Waals surface area contributed by atoms with Crippen molar-refractivity contribution >= 4 is 5.78 Å². The maximum atomic E-state index is 12.2. The summed E-state index contributed by atoms with van der Waals surface area (Å²) in [4.78, 5) is 12.2. The number of hydrogen-bond donors (Lipinski definition) is 1. The molecule has 2 heteroatoms. The van der Waals surface area contributed by atoms with Crippen LogP contribution in [-0.2, 0) is 4.79 Å². The largest absolute Gasteiger partial charge is 0.393 e. The Hall–Kier alpha value is -0.370. The molecule has 0 saturated heterocycles. The third-order valence-corrected chi connectivity index (χ3v) is 6.74. The van der Waals surface area contributed by atoms with Crippen LogP contribution < -0.4 is 0 Å². The third kappa shape index (κ3) is 1.47. The first kappa shape index (κ1) is 12.7. The van der Waals surface area contributed by atoms with Gasteiger partial charge in [-0.05, 0) is 55.3 Å². The fourth-order valence-corrected chi connectivity index (χ4v) is 5.39. The fraction of sp³-hybridized carbons (Fsp3) is 0.938. The Balaban J connectivity index is 1.92. The summed E-state index contributed by atoms with van der Waals surface area (Å²) in [5, 5.41) is 10.3. The molecule has 2 nitrogen and oxygen atoms in total. The van der Waals surface area contributed by atoms with Crippen LogP contribution in [0.4, 0.5) is 0 Å². The van der Waals surface area contributed by atoms with Gasteiger partial charge in [0.05, 0.1) is 6.10 Å². The van der Waals surface area contributed by atoms with E-state index in [0.29, 0.717) is 23.5 Å². The topological polar surface area (TPSA) is 37.3 Å². The Labute approximate surface area is 110 Å². The number of hydrogen-bond acceptors (Lipinski definition) is 2. The first-order valence-electron chi connectivity index (χ1n) is 7.59. The molecule has 0 aromatic carbocycles. The molecule has 18 heavy (non-hydrogen) atoms. The lowest BCUT2D eigenvalue weighted by Gasteiger charge is -2.54. The van der Waals surface area contributed by atoms with Gasteiger partial charge in [0.25, 0.3) is 0 Å². The van der Waals surface area contributed by atoms with E-state index < -0.39 is 0 Å². The smallest absolute Gasteiger partial charge is 0.138 e. The normalized spacial score (nSPS) is 50.8. The average molecular weight is 250 g/mol. The van der Waals surface area contributed by atoms with E-state index in [4.69, 9.17) is 0 Å². The van der Waals surface area contributed by atoms with Crippen molar-refractivity contribution in [1.82, 2.24) is 0 Å². The minimum absolute atomic E-state index is 0.107. The molecular formula is C16H26O2. The second-order valence-corrected chi connectivity index (χ2v) is 7.70. The predicted molar refractivity (Wildman–Crippen MR) is 71.1 cm³/mol. The van der Waals surface area contributed by atoms with Gasteiger partial charge in [0.15, 0.2) is 0 Å². The van der Waals surface area contributed by atoms with Crippen LogP contribution in [0.1, 0.15) is 59.3 Å². The Morgan fingerprint density at radius 1 is 1.06 bits per heavy atom. The van der Waals surface area contributed by atoms with Crippen LogP contribution in [0.25, 0.3) is 0 Å². The Morgan fingerprint density at radius 3 is 2.50 bits per heavy atom. The molecule has 3 rings (SSSR count). The lowest BCUT2D eigenvalue weighted by Crippen LogP contribution is -2.51. The maximum Gasteiger partial charge on any atom is 0.138 e. The summed E-state index contributed by atoms with van der Waals surface area (Å²) in [6.07, 6.45) is 6.10. The standard InChI is InChI=1S/C16H26O2/c1-15(2)11-8-9-16(3)12(5-7-14(16)18)10(11)4-6-13(15)17/h10-12,14,18H,4-9H2,1-3H3. The summed E-state index contributed by atoms with van der Waals surface area (Å²) in [6, 6.07) is 0. The van der Waals surface area contributed by atoms with Crippen molar-refractivity contribution in [2.24, 2.45) is 28.6 Å². The van der Waals surface area contributed by atoms with Gasteiger partial charge in [-0.2, -0.15) is 0 Å². The van der Waals surface area contributed by atoms with Gasteiger partial charge in [-0.15, -0.1) is 0 Å². The Kier molecular flexibility index (Phi) is 2.68. The second-order valence-electron chi connectivity index (χ2n) is 7.70. The van der Waals surface area contributed by atoms with E-state index in [1.165, 1.54) is 6.42 Å². The van der Waals surface area contributed by atoms with Crippen LogP contribution in [0.15, 0.2) is 0 Å². The lowest BCUT2D eigenvalue weighted by molar-refractivity contribution is -0.144. The molecule has 5 unspecified atom stereocenters. The van der Waals surface area contributed by atoms with Gasteiger partial charge < -0.3 is 5.11 Å². The Bertz CT molecular complexity index is 373. The van der Waals surface area contributed by atoms with E-state index >= 15 is 0 Å². The first-order valence-corrected chi connectivity index (χ1v) is 7.59. The van der Waals surface area contributed by atoms with Crippen molar-refractivity contribution in [2.75, 3.05) is 0 Å². The summed E-state index contributed by atoms with van der Waals surface area (Å²) in [7, 11) is 0. The van der Waals surface area contributed by atoms with E-state index in [9.17, 15) is 9.90 Å². The van der Waals surface area contributed by atoms with Crippen LogP contribution in [0.5, 0.6) is 0 Å². The van der Waals surface area contributed by atoms with Gasteiger partial charge in [-0.3, -0.25) is 4.79 Å². The monoisotopic (exact) mass is 250 g/mol. The molecule has 3 saturated carbocycles. The van der Waals surface area contributed by atoms with Gasteiger partial charge >= 0.3 is 0 Å². The highest BCUT2D eigenvalue weighted by molar-refractivity contribution is 5.85. The van der Waals surface area contributed by atoms with Crippen LogP contribution in [0.3, 0.4) is 0 Å². The minimum Gasteiger partial charge on any atom is -0.393 e. The number of carbonyl (C=O) groups is 1. The predicted octanol–water partition coefficient (Wildman–Crippen LogP) is 3.18. The van der Waals surface area contributed by atoms with Crippen LogP contribution >= 0.6 is 0 Å². The molecule has 5 atom stereocenters. The van der Waals surface area contributed by atoms with E-state index in [1.54, 1.807) is 0 Å². The summed E-state index contributed by atoms with van der Waals surface area (Å²) >= 11 is 0. The van der Waals surface area contributed by atoms with Crippen molar-refractivity contribution in [3.05, 3.63) is 0 Å². The van der Waals surface area contributed by atoms with Crippen molar-refractivity contribution < 1.29 is 9.90 Å². The first-order chi connectivity index (χ1) is 8.37. The number of ketones is 1.